The standard InChI is InChI=1S/C19H21NO2/c1-14(2)17-11-7-8-12-18(17)20-19(21)15(3)13-22-16-9-5-4-6-10-16/h4-14H,1-3H3,(H,20,21). The molecule has 0 aliphatic rings. The third-order valence-corrected chi connectivity index (χ3v) is 3.30. The molecule has 0 saturated heterocycles. The molecule has 0 spiro atoms. The van der Waals surface area contributed by atoms with Crippen molar-refractivity contribution < 1.29 is 9.53 Å². The molecule has 0 aromatic heterocycles. The Kier molecular flexibility index (Phi) is 5.37. The lowest BCUT2D eigenvalue weighted by atomic mass is 10.0. The Morgan fingerprint density at radius 3 is 2.36 bits per heavy atom. The van der Waals surface area contributed by atoms with Crippen LogP contribution in [0.15, 0.2) is 66.4 Å². The van der Waals surface area contributed by atoms with E-state index in [0.29, 0.717) is 17.2 Å². The lowest BCUT2D eigenvalue weighted by Crippen LogP contribution is -2.15. The minimum Gasteiger partial charge on any atom is -0.465 e. The van der Waals surface area contributed by atoms with Gasteiger partial charge < -0.3 is 10.1 Å². The van der Waals surface area contributed by atoms with Gasteiger partial charge in [0.2, 0.25) is 0 Å². The highest BCUT2D eigenvalue weighted by Gasteiger charge is 2.10. The molecule has 0 heterocycles. The molecule has 0 saturated carbocycles. The number of ether oxygens (including phenoxy) is 1. The summed E-state index contributed by atoms with van der Waals surface area (Å²) in [6.45, 7) is 5.94. The molecular formula is C19H21NO2. The second-order valence-corrected chi connectivity index (χ2v) is 5.43. The van der Waals surface area contributed by atoms with E-state index in [4.69, 9.17) is 4.74 Å². The van der Waals surface area contributed by atoms with E-state index in [2.05, 4.69) is 19.2 Å². The number of benzene rings is 2. The first-order valence-corrected chi connectivity index (χ1v) is 7.36. The highest BCUT2D eigenvalue weighted by atomic mass is 16.5. The lowest BCUT2D eigenvalue weighted by molar-refractivity contribution is -0.112. The van der Waals surface area contributed by atoms with Crippen molar-refractivity contribution in [3.05, 3.63) is 72.0 Å². The number of carbonyl (C=O) groups is 1. The SMILES string of the molecule is CC(=COc1ccccc1)C(=O)Nc1ccccc1C(C)C. The first-order chi connectivity index (χ1) is 10.6. The number of amides is 1. The van der Waals surface area contributed by atoms with Crippen LogP contribution in [0.2, 0.25) is 0 Å². The monoisotopic (exact) mass is 295 g/mol. The van der Waals surface area contributed by atoms with E-state index in [1.807, 2.05) is 54.6 Å². The van der Waals surface area contributed by atoms with Gasteiger partial charge in [0.15, 0.2) is 0 Å². The van der Waals surface area contributed by atoms with Crippen LogP contribution in [-0.2, 0) is 4.79 Å². The van der Waals surface area contributed by atoms with Crippen LogP contribution in [0.1, 0.15) is 32.3 Å². The van der Waals surface area contributed by atoms with Gasteiger partial charge in [0.05, 0.1) is 6.26 Å². The van der Waals surface area contributed by atoms with Crippen molar-refractivity contribution in [2.75, 3.05) is 5.32 Å². The Morgan fingerprint density at radius 2 is 1.68 bits per heavy atom. The van der Waals surface area contributed by atoms with Gasteiger partial charge in [-0.1, -0.05) is 50.2 Å². The summed E-state index contributed by atoms with van der Waals surface area (Å²) in [5.74, 6) is 0.891. The molecule has 3 nitrogen and oxygen atoms in total. The van der Waals surface area contributed by atoms with Crippen LogP contribution in [0.3, 0.4) is 0 Å². The molecule has 0 unspecified atom stereocenters. The maximum Gasteiger partial charge on any atom is 0.254 e. The quantitative estimate of drug-likeness (QED) is 0.639. The fourth-order valence-electron chi connectivity index (χ4n) is 2.04. The molecule has 1 N–H and O–H groups in total. The van der Waals surface area contributed by atoms with Crippen LogP contribution in [0.25, 0.3) is 0 Å². The van der Waals surface area contributed by atoms with Crippen molar-refractivity contribution in [1.82, 2.24) is 0 Å². The van der Waals surface area contributed by atoms with Crippen molar-refractivity contribution in [3.63, 3.8) is 0 Å². The maximum atomic E-state index is 12.2. The average Bonchev–Trinajstić information content (AvgIpc) is 2.53. The third-order valence-electron chi connectivity index (χ3n) is 3.30. The normalized spacial score (nSPS) is 11.4. The number of nitrogens with one attached hydrogen (secondary N) is 1. The summed E-state index contributed by atoms with van der Waals surface area (Å²) in [7, 11) is 0. The average molecular weight is 295 g/mol. The summed E-state index contributed by atoms with van der Waals surface area (Å²) in [4.78, 5) is 12.2. The van der Waals surface area contributed by atoms with Crippen LogP contribution in [0.4, 0.5) is 5.69 Å². The molecule has 0 atom stereocenters. The molecule has 2 aromatic rings. The van der Waals surface area contributed by atoms with Crippen LogP contribution < -0.4 is 10.1 Å². The number of hydrogen-bond donors (Lipinski definition) is 1. The molecule has 114 valence electrons. The Hall–Kier alpha value is -2.55. The Balaban J connectivity index is 2.06. The van der Waals surface area contributed by atoms with E-state index in [1.165, 1.54) is 6.26 Å². The number of hydrogen-bond acceptors (Lipinski definition) is 2. The van der Waals surface area contributed by atoms with E-state index >= 15 is 0 Å². The number of para-hydroxylation sites is 2. The molecule has 0 aliphatic heterocycles. The summed E-state index contributed by atoms with van der Waals surface area (Å²) in [5, 5.41) is 2.94. The number of carbonyl (C=O) groups excluding carboxylic acids is 1. The zero-order valence-corrected chi connectivity index (χ0v) is 13.2. The van der Waals surface area contributed by atoms with Gasteiger partial charge in [-0.2, -0.15) is 0 Å². The van der Waals surface area contributed by atoms with Crippen molar-refractivity contribution in [2.45, 2.75) is 26.7 Å². The molecular weight excluding hydrogens is 274 g/mol. The van der Waals surface area contributed by atoms with Crippen molar-refractivity contribution >= 4 is 11.6 Å². The molecule has 0 bridgehead atoms. The fourth-order valence-corrected chi connectivity index (χ4v) is 2.04. The van der Waals surface area contributed by atoms with E-state index in [0.717, 1.165) is 11.3 Å². The molecule has 0 aliphatic carbocycles. The van der Waals surface area contributed by atoms with Crippen molar-refractivity contribution in [3.8, 4) is 5.75 Å². The molecule has 0 fully saturated rings. The summed E-state index contributed by atoms with van der Waals surface area (Å²) in [5.41, 5.74) is 2.48. The second-order valence-electron chi connectivity index (χ2n) is 5.43. The minimum atomic E-state index is -0.163. The van der Waals surface area contributed by atoms with E-state index in [1.54, 1.807) is 6.92 Å². The Bertz CT molecular complexity index is 660. The minimum absolute atomic E-state index is 0.163. The van der Waals surface area contributed by atoms with E-state index < -0.39 is 0 Å². The highest BCUT2D eigenvalue weighted by Crippen LogP contribution is 2.24. The van der Waals surface area contributed by atoms with Gasteiger partial charge in [-0.25, -0.2) is 0 Å². The van der Waals surface area contributed by atoms with Gasteiger partial charge >= 0.3 is 0 Å². The molecule has 2 rings (SSSR count). The van der Waals surface area contributed by atoms with Crippen LogP contribution in [-0.4, -0.2) is 5.91 Å². The first-order valence-electron chi connectivity index (χ1n) is 7.36. The van der Waals surface area contributed by atoms with Gasteiger partial charge in [-0.3, -0.25) is 4.79 Å². The predicted molar refractivity (Wildman–Crippen MR) is 90.0 cm³/mol. The topological polar surface area (TPSA) is 38.3 Å². The smallest absolute Gasteiger partial charge is 0.254 e. The van der Waals surface area contributed by atoms with Gasteiger partial charge in [-0.15, -0.1) is 0 Å². The Labute approximate surface area is 131 Å². The van der Waals surface area contributed by atoms with Crippen LogP contribution in [0, 0.1) is 0 Å². The molecule has 0 radical (unpaired) electrons. The Morgan fingerprint density at radius 1 is 1.05 bits per heavy atom. The molecule has 1 amide bonds. The molecule has 2 aromatic carbocycles. The maximum absolute atomic E-state index is 12.2. The fraction of sp³-hybridized carbons (Fsp3) is 0.211. The zero-order valence-electron chi connectivity index (χ0n) is 13.2. The number of anilines is 1. The molecule has 22 heavy (non-hydrogen) atoms. The summed E-state index contributed by atoms with van der Waals surface area (Å²) >= 11 is 0. The summed E-state index contributed by atoms with van der Waals surface area (Å²) in [6, 6.07) is 17.2. The lowest BCUT2D eigenvalue weighted by Gasteiger charge is -2.13. The third kappa shape index (κ3) is 4.22. The van der Waals surface area contributed by atoms with Gasteiger partial charge in [0.25, 0.3) is 5.91 Å². The van der Waals surface area contributed by atoms with E-state index in [-0.39, 0.29) is 5.91 Å². The predicted octanol–water partition coefficient (Wildman–Crippen LogP) is 4.73. The summed E-state index contributed by atoms with van der Waals surface area (Å²) in [6.07, 6.45) is 1.47. The van der Waals surface area contributed by atoms with Crippen LogP contribution in [0.5, 0.6) is 5.75 Å². The second kappa shape index (κ2) is 7.46. The largest absolute Gasteiger partial charge is 0.465 e. The van der Waals surface area contributed by atoms with Crippen molar-refractivity contribution in [1.29, 1.82) is 0 Å². The van der Waals surface area contributed by atoms with E-state index in [9.17, 15) is 4.79 Å². The van der Waals surface area contributed by atoms with Gasteiger partial charge in [0, 0.05) is 11.3 Å². The highest BCUT2D eigenvalue weighted by molar-refractivity contribution is 6.03. The van der Waals surface area contributed by atoms with Gasteiger partial charge in [0.1, 0.15) is 5.75 Å². The summed E-state index contributed by atoms with van der Waals surface area (Å²) < 4.78 is 5.48. The number of rotatable bonds is 5. The van der Waals surface area contributed by atoms with Crippen LogP contribution >= 0.6 is 0 Å². The first kappa shape index (κ1) is 15.8. The van der Waals surface area contributed by atoms with Crippen molar-refractivity contribution in [2.24, 2.45) is 0 Å². The molecule has 3 heteroatoms. The zero-order chi connectivity index (χ0) is 15.9. The van der Waals surface area contributed by atoms with Gasteiger partial charge in [-0.05, 0) is 36.6 Å².